The van der Waals surface area contributed by atoms with E-state index in [4.69, 9.17) is 14.2 Å². The van der Waals surface area contributed by atoms with Crippen LogP contribution >= 0.6 is 0 Å². The molecule has 3 aliphatic rings. The van der Waals surface area contributed by atoms with E-state index in [1.54, 1.807) is 0 Å². The summed E-state index contributed by atoms with van der Waals surface area (Å²) in [6.07, 6.45) is 1.94. The zero-order chi connectivity index (χ0) is 17.7. The summed E-state index contributed by atoms with van der Waals surface area (Å²) in [6, 6.07) is 12.7. The summed E-state index contributed by atoms with van der Waals surface area (Å²) in [5.41, 5.74) is 5.71. The fraction of sp³-hybridized carbons (Fsp3) is 0.333. The molecule has 134 valence electrons. The Morgan fingerprint density at radius 2 is 1.73 bits per heavy atom. The number of benzene rings is 2. The van der Waals surface area contributed by atoms with E-state index < -0.39 is 5.79 Å². The van der Waals surface area contributed by atoms with Gasteiger partial charge in [-0.2, -0.15) is 0 Å². The standard InChI is InChI=1S/C21H22N2O3/c1-14-9-17(21(2)24-7-8-25-21)20-18(10-14)22-11-19(26-20)23-12-15-5-3-4-6-16(15)13-23/h3-6,9-11,22H,7-8,12-13H2,1-2H3. The first kappa shape index (κ1) is 15.7. The van der Waals surface area contributed by atoms with Gasteiger partial charge in [0.1, 0.15) is 0 Å². The zero-order valence-corrected chi connectivity index (χ0v) is 15.0. The van der Waals surface area contributed by atoms with Crippen LogP contribution in [0.2, 0.25) is 0 Å². The SMILES string of the molecule is Cc1cc2c(c(C3(C)OCCO3)c1)OC(N1Cc3ccccc3C1)=CN2. The minimum Gasteiger partial charge on any atom is -0.437 e. The highest BCUT2D eigenvalue weighted by molar-refractivity contribution is 5.66. The Balaban J connectivity index is 1.48. The molecule has 26 heavy (non-hydrogen) atoms. The lowest BCUT2D eigenvalue weighted by molar-refractivity contribution is -0.150. The van der Waals surface area contributed by atoms with E-state index in [9.17, 15) is 0 Å². The molecule has 1 N–H and O–H groups in total. The van der Waals surface area contributed by atoms with Gasteiger partial charge in [-0.05, 0) is 42.7 Å². The molecule has 1 fully saturated rings. The number of anilines is 1. The average Bonchev–Trinajstić information content (AvgIpc) is 3.27. The monoisotopic (exact) mass is 350 g/mol. The molecular formula is C21H22N2O3. The molecule has 0 bridgehead atoms. The van der Waals surface area contributed by atoms with Crippen molar-refractivity contribution in [3.8, 4) is 5.75 Å². The fourth-order valence-electron chi connectivity index (χ4n) is 3.92. The molecule has 0 spiro atoms. The zero-order valence-electron chi connectivity index (χ0n) is 15.0. The molecule has 0 radical (unpaired) electrons. The molecule has 0 unspecified atom stereocenters. The predicted molar refractivity (Wildman–Crippen MR) is 98.5 cm³/mol. The van der Waals surface area contributed by atoms with Gasteiger partial charge in [0.25, 0.3) is 0 Å². The summed E-state index contributed by atoms with van der Waals surface area (Å²) >= 11 is 0. The smallest absolute Gasteiger partial charge is 0.212 e. The Hall–Kier alpha value is -2.50. The van der Waals surface area contributed by atoms with E-state index in [0.29, 0.717) is 13.2 Å². The topological polar surface area (TPSA) is 43.0 Å². The Bertz CT molecular complexity index is 875. The van der Waals surface area contributed by atoms with E-state index in [-0.39, 0.29) is 0 Å². The number of rotatable bonds is 2. The molecule has 5 nitrogen and oxygen atoms in total. The lowest BCUT2D eigenvalue weighted by Gasteiger charge is -2.31. The van der Waals surface area contributed by atoms with E-state index in [0.717, 1.165) is 41.5 Å². The number of hydrogen-bond donors (Lipinski definition) is 1. The van der Waals surface area contributed by atoms with Gasteiger partial charge >= 0.3 is 0 Å². The highest BCUT2D eigenvalue weighted by Gasteiger charge is 2.38. The fourth-order valence-corrected chi connectivity index (χ4v) is 3.92. The van der Waals surface area contributed by atoms with Gasteiger partial charge in [-0.1, -0.05) is 24.3 Å². The van der Waals surface area contributed by atoms with Crippen LogP contribution in [0.1, 0.15) is 29.2 Å². The maximum atomic E-state index is 6.38. The van der Waals surface area contributed by atoms with Crippen molar-refractivity contribution in [3.63, 3.8) is 0 Å². The van der Waals surface area contributed by atoms with Gasteiger partial charge in [-0.15, -0.1) is 0 Å². The molecule has 0 saturated carbocycles. The quantitative estimate of drug-likeness (QED) is 0.892. The third-order valence-electron chi connectivity index (χ3n) is 5.27. The van der Waals surface area contributed by atoms with Crippen LogP contribution in [0.25, 0.3) is 0 Å². The molecule has 0 aliphatic carbocycles. The minimum atomic E-state index is -0.770. The highest BCUT2D eigenvalue weighted by atomic mass is 16.7. The molecule has 0 aromatic heterocycles. The van der Waals surface area contributed by atoms with Gasteiger partial charge in [0, 0.05) is 13.1 Å². The molecular weight excluding hydrogens is 328 g/mol. The number of nitrogens with one attached hydrogen (secondary N) is 1. The summed E-state index contributed by atoms with van der Waals surface area (Å²) in [6.45, 7) is 6.92. The largest absolute Gasteiger partial charge is 0.437 e. The predicted octanol–water partition coefficient (Wildman–Crippen LogP) is 3.83. The number of hydrogen-bond acceptors (Lipinski definition) is 5. The number of ether oxygens (including phenoxy) is 3. The summed E-state index contributed by atoms with van der Waals surface area (Å²) in [5.74, 6) is 0.836. The van der Waals surface area contributed by atoms with Gasteiger partial charge < -0.3 is 24.4 Å². The lowest BCUT2D eigenvalue weighted by Crippen LogP contribution is -2.28. The summed E-state index contributed by atoms with van der Waals surface area (Å²) in [7, 11) is 0. The maximum absolute atomic E-state index is 6.38. The van der Waals surface area contributed by atoms with Gasteiger partial charge in [-0.3, -0.25) is 0 Å². The molecule has 2 aromatic carbocycles. The van der Waals surface area contributed by atoms with Crippen molar-refractivity contribution < 1.29 is 14.2 Å². The second-order valence-corrected chi connectivity index (χ2v) is 7.19. The summed E-state index contributed by atoms with van der Waals surface area (Å²) in [4.78, 5) is 2.24. The van der Waals surface area contributed by atoms with Crippen LogP contribution < -0.4 is 10.1 Å². The van der Waals surface area contributed by atoms with Gasteiger partial charge in [0.15, 0.2) is 11.5 Å². The van der Waals surface area contributed by atoms with Crippen molar-refractivity contribution in [3.05, 3.63) is 70.7 Å². The first-order valence-electron chi connectivity index (χ1n) is 9.02. The van der Waals surface area contributed by atoms with Crippen LogP contribution in [0.5, 0.6) is 5.75 Å². The van der Waals surface area contributed by atoms with Crippen LogP contribution in [0.4, 0.5) is 5.69 Å². The van der Waals surface area contributed by atoms with E-state index >= 15 is 0 Å². The number of fused-ring (bicyclic) bond motifs is 2. The molecule has 0 atom stereocenters. The second-order valence-electron chi connectivity index (χ2n) is 7.19. The van der Waals surface area contributed by atoms with Crippen LogP contribution in [0.15, 0.2) is 48.5 Å². The van der Waals surface area contributed by atoms with Crippen molar-refractivity contribution in [1.29, 1.82) is 0 Å². The van der Waals surface area contributed by atoms with E-state index in [2.05, 4.69) is 53.5 Å². The van der Waals surface area contributed by atoms with Crippen LogP contribution in [-0.2, 0) is 28.4 Å². The van der Waals surface area contributed by atoms with E-state index in [1.807, 2.05) is 13.1 Å². The van der Waals surface area contributed by atoms with Crippen LogP contribution in [-0.4, -0.2) is 18.1 Å². The highest BCUT2D eigenvalue weighted by Crippen LogP contribution is 2.44. The van der Waals surface area contributed by atoms with Crippen molar-refractivity contribution in [1.82, 2.24) is 4.90 Å². The van der Waals surface area contributed by atoms with Crippen molar-refractivity contribution in [2.45, 2.75) is 32.7 Å². The van der Waals surface area contributed by atoms with Crippen LogP contribution in [0.3, 0.4) is 0 Å². The first-order valence-corrected chi connectivity index (χ1v) is 9.02. The lowest BCUT2D eigenvalue weighted by atomic mass is 10.0. The molecule has 1 saturated heterocycles. The average molecular weight is 350 g/mol. The normalized spacial score (nSPS) is 20.1. The number of nitrogens with zero attached hydrogens (tertiary/aromatic N) is 1. The van der Waals surface area contributed by atoms with Gasteiger partial charge in [0.05, 0.1) is 30.7 Å². The van der Waals surface area contributed by atoms with Crippen LogP contribution in [0, 0.1) is 6.92 Å². The molecule has 3 heterocycles. The van der Waals surface area contributed by atoms with Gasteiger partial charge in [-0.25, -0.2) is 0 Å². The van der Waals surface area contributed by atoms with Gasteiger partial charge in [0.2, 0.25) is 5.88 Å². The summed E-state index contributed by atoms with van der Waals surface area (Å²) in [5, 5.41) is 3.40. The molecule has 5 rings (SSSR count). The molecule has 0 amide bonds. The third-order valence-corrected chi connectivity index (χ3v) is 5.27. The molecule has 5 heteroatoms. The van der Waals surface area contributed by atoms with Crippen molar-refractivity contribution in [2.75, 3.05) is 18.5 Å². The maximum Gasteiger partial charge on any atom is 0.212 e. The first-order chi connectivity index (χ1) is 12.6. The second kappa shape index (κ2) is 5.76. The summed E-state index contributed by atoms with van der Waals surface area (Å²) < 4.78 is 18.2. The Labute approximate surface area is 153 Å². The van der Waals surface area contributed by atoms with Crippen molar-refractivity contribution in [2.24, 2.45) is 0 Å². The Kier molecular flexibility index (Phi) is 3.48. The van der Waals surface area contributed by atoms with Crippen molar-refractivity contribution >= 4 is 5.69 Å². The molecule has 3 aliphatic heterocycles. The number of aryl methyl sites for hydroxylation is 1. The Morgan fingerprint density at radius 3 is 2.42 bits per heavy atom. The third kappa shape index (κ3) is 2.47. The van der Waals surface area contributed by atoms with E-state index in [1.165, 1.54) is 11.1 Å². The molecule has 2 aromatic rings. The Morgan fingerprint density at radius 1 is 1.04 bits per heavy atom. The minimum absolute atomic E-state index is 0.594.